The number of hydrogen-bond acceptors (Lipinski definition) is 10. The third-order valence-electron chi connectivity index (χ3n) is 10.3. The quantitative estimate of drug-likeness (QED) is 0.128. The third kappa shape index (κ3) is 9.36. The second kappa shape index (κ2) is 16.4. The van der Waals surface area contributed by atoms with Crippen LogP contribution >= 0.6 is 11.6 Å². The Labute approximate surface area is 308 Å². The largest absolute Gasteiger partial charge is 0.444 e. The monoisotopic (exact) mass is 763 g/mol. The third-order valence-corrected chi connectivity index (χ3v) is 12.3. The van der Waals surface area contributed by atoms with Crippen LogP contribution in [-0.2, 0) is 51.7 Å². The van der Waals surface area contributed by atoms with E-state index in [1.807, 2.05) is 24.3 Å². The number of nitrogens with zero attached hydrogens (tertiary/aromatic N) is 2. The zero-order chi connectivity index (χ0) is 36.9. The van der Waals surface area contributed by atoms with E-state index in [1.54, 1.807) is 15.9 Å². The Balaban J connectivity index is 0.954. The molecule has 3 aliphatic heterocycles. The van der Waals surface area contributed by atoms with Crippen LogP contribution in [0.4, 0.5) is 9.59 Å². The highest BCUT2D eigenvalue weighted by atomic mass is 35.5. The number of carbonyl (C=O) groups excluding carboxylic acids is 5. The maximum Gasteiger partial charge on any atom is 0.410 e. The van der Waals surface area contributed by atoms with E-state index in [1.165, 1.54) is 0 Å². The number of alkyl carbamates (subject to hydrolysis) is 1. The van der Waals surface area contributed by atoms with E-state index in [-0.39, 0.29) is 24.5 Å². The molecule has 0 spiro atoms. The topological polar surface area (TPSA) is 190 Å². The number of nitrogens with one attached hydrogen (secondary N) is 3. The van der Waals surface area contributed by atoms with Gasteiger partial charge in [0.25, 0.3) is 5.91 Å². The lowest BCUT2D eigenvalue weighted by Gasteiger charge is -2.25. The maximum atomic E-state index is 13.7. The molecule has 0 radical (unpaired) electrons. The van der Waals surface area contributed by atoms with Crippen LogP contribution in [-0.4, -0.2) is 104 Å². The molecule has 2 saturated carbocycles. The highest BCUT2D eigenvalue weighted by molar-refractivity contribution is 7.91. The molecule has 5 atom stereocenters. The van der Waals surface area contributed by atoms with Gasteiger partial charge in [-0.25, -0.2) is 18.0 Å². The predicted octanol–water partition coefficient (Wildman–Crippen LogP) is 2.90. The average molecular weight is 764 g/mol. The molecule has 1 aromatic carbocycles. The predicted molar refractivity (Wildman–Crippen MR) is 187 cm³/mol. The van der Waals surface area contributed by atoms with Crippen LogP contribution in [0.2, 0.25) is 5.02 Å². The molecule has 2 aliphatic carbocycles. The highest BCUT2D eigenvalue weighted by Crippen LogP contribution is 2.45. The Hall–Kier alpha value is -3.89. The van der Waals surface area contributed by atoms with E-state index < -0.39 is 51.1 Å². The van der Waals surface area contributed by atoms with Crippen LogP contribution in [0.5, 0.6) is 0 Å². The molecule has 5 unspecified atom stereocenters. The summed E-state index contributed by atoms with van der Waals surface area (Å²) < 4.78 is 43.1. The van der Waals surface area contributed by atoms with Crippen LogP contribution in [0.15, 0.2) is 30.4 Å². The van der Waals surface area contributed by atoms with Crippen LogP contribution in [0.25, 0.3) is 0 Å². The van der Waals surface area contributed by atoms with Crippen LogP contribution in [0, 0.1) is 5.92 Å². The van der Waals surface area contributed by atoms with Gasteiger partial charge in [-0.1, -0.05) is 42.7 Å². The van der Waals surface area contributed by atoms with Crippen molar-refractivity contribution in [2.45, 2.75) is 106 Å². The van der Waals surface area contributed by atoms with Gasteiger partial charge in [0.15, 0.2) is 0 Å². The first-order valence-electron chi connectivity index (χ1n) is 18.0. The number of ether oxygens (including phenoxy) is 3. The summed E-state index contributed by atoms with van der Waals surface area (Å²) in [6, 6.07) is 4.71. The average Bonchev–Trinajstić information content (AvgIpc) is 3.89. The molecule has 0 aromatic heterocycles. The zero-order valence-electron chi connectivity index (χ0n) is 28.9. The minimum atomic E-state index is -3.73. The molecule has 6 rings (SSSR count). The summed E-state index contributed by atoms with van der Waals surface area (Å²) in [7, 11) is -3.73. The van der Waals surface area contributed by atoms with Gasteiger partial charge in [0.2, 0.25) is 22.3 Å². The van der Waals surface area contributed by atoms with Crippen LogP contribution in [0.1, 0.15) is 75.3 Å². The standard InChI is InChI=1S/C35H46ClN5O10S/c36-26-9-8-23-18-41(19-24(23)16-26)34(46)51-27-12-14-40(20-27)31(43)30(38-33(45)50-28-13-15-49-21-28)7-5-3-1-2-4-6-25-17-35(25,37-22-42)32(44)39-52(47,48)29-10-11-29/h4,6,8-9,16,22,25,27-30H,1-3,5,7,10-15,17-21H2,(H,37,42)(H,38,45)(H,39,44)/b6-4-. The van der Waals surface area contributed by atoms with E-state index in [0.29, 0.717) is 95.6 Å². The Morgan fingerprint density at radius 1 is 1.02 bits per heavy atom. The van der Waals surface area contributed by atoms with E-state index in [0.717, 1.165) is 24.0 Å². The van der Waals surface area contributed by atoms with Crippen molar-refractivity contribution < 1.29 is 46.6 Å². The molecule has 2 saturated heterocycles. The number of likely N-dealkylation sites (tertiary alicyclic amines) is 1. The van der Waals surface area contributed by atoms with Crippen LogP contribution < -0.4 is 15.4 Å². The van der Waals surface area contributed by atoms with Gasteiger partial charge in [-0.05, 0) is 61.8 Å². The molecule has 5 amide bonds. The van der Waals surface area contributed by atoms with Crippen molar-refractivity contribution in [2.24, 2.45) is 5.92 Å². The normalized spacial score (nSPS) is 25.8. The van der Waals surface area contributed by atoms with Crippen molar-refractivity contribution in [1.82, 2.24) is 25.2 Å². The van der Waals surface area contributed by atoms with Gasteiger partial charge in [-0.2, -0.15) is 0 Å². The number of unbranched alkanes of at least 4 members (excludes halogenated alkanes) is 3. The lowest BCUT2D eigenvalue weighted by Crippen LogP contribution is -2.50. The molecular weight excluding hydrogens is 718 g/mol. The summed E-state index contributed by atoms with van der Waals surface area (Å²) in [6.07, 6.45) is 7.77. The summed E-state index contributed by atoms with van der Waals surface area (Å²) in [5, 5.41) is 5.33. The van der Waals surface area contributed by atoms with Gasteiger partial charge >= 0.3 is 12.2 Å². The van der Waals surface area contributed by atoms with Crippen LogP contribution in [0.3, 0.4) is 0 Å². The molecule has 52 heavy (non-hydrogen) atoms. The first-order chi connectivity index (χ1) is 25.0. The first-order valence-corrected chi connectivity index (χ1v) is 19.9. The molecular formula is C35H46ClN5O10S. The number of allylic oxidation sites excluding steroid dienone is 1. The fourth-order valence-electron chi connectivity index (χ4n) is 6.99. The lowest BCUT2D eigenvalue weighted by molar-refractivity contribution is -0.133. The summed E-state index contributed by atoms with van der Waals surface area (Å²) in [5.41, 5.74) is 0.735. The minimum Gasteiger partial charge on any atom is -0.444 e. The Morgan fingerprint density at radius 3 is 2.58 bits per heavy atom. The number of hydrogen-bond donors (Lipinski definition) is 3. The maximum absolute atomic E-state index is 13.7. The smallest absolute Gasteiger partial charge is 0.410 e. The molecule has 3 N–H and O–H groups in total. The van der Waals surface area contributed by atoms with Crippen molar-refractivity contribution in [1.29, 1.82) is 0 Å². The summed E-state index contributed by atoms with van der Waals surface area (Å²) in [6.45, 7) is 2.25. The van der Waals surface area contributed by atoms with Gasteiger partial charge in [0.05, 0.1) is 25.0 Å². The van der Waals surface area contributed by atoms with Crippen molar-refractivity contribution in [3.63, 3.8) is 0 Å². The van der Waals surface area contributed by atoms with Gasteiger partial charge < -0.3 is 29.7 Å². The Kier molecular flexibility index (Phi) is 12.0. The molecule has 17 heteroatoms. The lowest BCUT2D eigenvalue weighted by atomic mass is 10.1. The Bertz CT molecular complexity index is 1670. The minimum absolute atomic E-state index is 0.220. The number of rotatable bonds is 16. The van der Waals surface area contributed by atoms with Crippen molar-refractivity contribution >= 4 is 52.0 Å². The second-order valence-electron chi connectivity index (χ2n) is 14.2. The van der Waals surface area contributed by atoms with Gasteiger partial charge in [-0.15, -0.1) is 0 Å². The number of sulfonamides is 1. The molecule has 1 aromatic rings. The van der Waals surface area contributed by atoms with Gasteiger partial charge in [0.1, 0.15) is 23.8 Å². The summed E-state index contributed by atoms with van der Waals surface area (Å²) in [4.78, 5) is 66.6. The van der Waals surface area contributed by atoms with E-state index in [9.17, 15) is 32.4 Å². The fourth-order valence-corrected chi connectivity index (χ4v) is 8.55. The highest BCUT2D eigenvalue weighted by Gasteiger charge is 2.60. The molecule has 15 nitrogen and oxygen atoms in total. The number of halogens is 1. The fraction of sp³-hybridized carbons (Fsp3) is 0.629. The number of fused-ring (bicyclic) bond motifs is 1. The molecule has 284 valence electrons. The van der Waals surface area contributed by atoms with Gasteiger partial charge in [0, 0.05) is 43.4 Å². The molecule has 0 bridgehead atoms. The van der Waals surface area contributed by atoms with Crippen molar-refractivity contribution in [3.05, 3.63) is 46.5 Å². The van der Waals surface area contributed by atoms with E-state index in [2.05, 4.69) is 15.4 Å². The second-order valence-corrected chi connectivity index (χ2v) is 16.6. The SMILES string of the molecule is O=CNC1(C(=O)NS(=O)(=O)C2CC2)CC1/C=C\CCCCCC(NC(=O)OC1CCOC1)C(=O)N1CCC(OC(=O)N2Cc3ccc(Cl)cc3C2)C1. The van der Waals surface area contributed by atoms with E-state index in [4.69, 9.17) is 25.8 Å². The molecule has 4 fully saturated rings. The van der Waals surface area contributed by atoms with Gasteiger partial charge in [-0.3, -0.25) is 24.0 Å². The first kappa shape index (κ1) is 37.9. The number of benzene rings is 1. The van der Waals surface area contributed by atoms with Crippen molar-refractivity contribution in [3.8, 4) is 0 Å². The zero-order valence-corrected chi connectivity index (χ0v) is 30.5. The summed E-state index contributed by atoms with van der Waals surface area (Å²) >= 11 is 6.10. The summed E-state index contributed by atoms with van der Waals surface area (Å²) in [5.74, 6) is -1.30. The number of carbonyl (C=O) groups is 5. The molecule has 3 heterocycles. The number of amides is 5. The molecule has 5 aliphatic rings. The Morgan fingerprint density at radius 2 is 1.83 bits per heavy atom. The van der Waals surface area contributed by atoms with E-state index >= 15 is 0 Å². The van der Waals surface area contributed by atoms with Crippen molar-refractivity contribution in [2.75, 3.05) is 26.3 Å².